The van der Waals surface area contributed by atoms with Gasteiger partial charge in [-0.3, -0.25) is 9.89 Å². The number of ether oxygens (including phenoxy) is 2. The first-order chi connectivity index (χ1) is 12.2. The first-order valence-electron chi connectivity index (χ1n) is 8.87. The van der Waals surface area contributed by atoms with Gasteiger partial charge in [-0.25, -0.2) is 0 Å². The van der Waals surface area contributed by atoms with Gasteiger partial charge in [-0.05, 0) is 49.9 Å². The maximum Gasteiger partial charge on any atom is 0.231 e. The fourth-order valence-electron chi connectivity index (χ4n) is 3.60. The number of carbonyl (C=O) groups is 1. The monoisotopic (exact) mass is 341 g/mol. The van der Waals surface area contributed by atoms with Gasteiger partial charge in [0, 0.05) is 31.1 Å². The van der Waals surface area contributed by atoms with E-state index in [1.54, 1.807) is 0 Å². The fourth-order valence-corrected chi connectivity index (χ4v) is 3.60. The van der Waals surface area contributed by atoms with Crippen LogP contribution in [-0.2, 0) is 11.2 Å². The Morgan fingerprint density at radius 2 is 2.20 bits per heavy atom. The summed E-state index contributed by atoms with van der Waals surface area (Å²) in [6, 6.07) is 7.98. The molecule has 6 heteroatoms. The van der Waals surface area contributed by atoms with Crippen LogP contribution in [0.15, 0.2) is 24.3 Å². The highest BCUT2D eigenvalue weighted by molar-refractivity contribution is 5.76. The normalized spacial score (nSPS) is 19.2. The smallest absolute Gasteiger partial charge is 0.231 e. The maximum absolute atomic E-state index is 12.6. The van der Waals surface area contributed by atoms with Crippen molar-refractivity contribution in [3.8, 4) is 11.5 Å². The summed E-state index contributed by atoms with van der Waals surface area (Å²) in [5, 5.41) is 7.37. The van der Waals surface area contributed by atoms with Crippen molar-refractivity contribution in [3.05, 3.63) is 41.2 Å². The molecule has 2 aliphatic rings. The molecule has 0 saturated carbocycles. The molecule has 1 aromatic heterocycles. The molecule has 1 N–H and O–H groups in total. The number of rotatable bonds is 4. The number of aromatic amines is 1. The average molecular weight is 341 g/mol. The second kappa shape index (κ2) is 6.78. The van der Waals surface area contributed by atoms with Crippen LogP contribution in [0.5, 0.6) is 11.5 Å². The van der Waals surface area contributed by atoms with Crippen molar-refractivity contribution in [2.75, 3.05) is 19.9 Å². The van der Waals surface area contributed by atoms with Crippen LogP contribution in [0.1, 0.15) is 42.1 Å². The molecule has 1 atom stereocenters. The number of carbonyl (C=O) groups excluding carboxylic acids is 1. The first kappa shape index (κ1) is 16.0. The molecule has 2 aromatic rings. The average Bonchev–Trinajstić information content (AvgIpc) is 3.28. The Bertz CT molecular complexity index is 771. The van der Waals surface area contributed by atoms with Crippen LogP contribution in [0.25, 0.3) is 0 Å². The zero-order valence-corrected chi connectivity index (χ0v) is 14.5. The van der Waals surface area contributed by atoms with Gasteiger partial charge in [-0.15, -0.1) is 0 Å². The summed E-state index contributed by atoms with van der Waals surface area (Å²) in [5.74, 6) is 2.11. The quantitative estimate of drug-likeness (QED) is 0.928. The third-order valence-electron chi connectivity index (χ3n) is 4.98. The molecule has 0 unspecified atom stereocenters. The number of nitrogens with one attached hydrogen (secondary N) is 1. The zero-order chi connectivity index (χ0) is 17.2. The molecule has 1 fully saturated rings. The highest BCUT2D eigenvalue weighted by atomic mass is 16.7. The third kappa shape index (κ3) is 3.48. The van der Waals surface area contributed by atoms with E-state index in [0.29, 0.717) is 12.3 Å². The maximum atomic E-state index is 12.6. The lowest BCUT2D eigenvalue weighted by molar-refractivity contribution is -0.132. The summed E-state index contributed by atoms with van der Waals surface area (Å²) in [4.78, 5) is 14.6. The van der Waals surface area contributed by atoms with Crippen LogP contribution in [0, 0.1) is 6.92 Å². The zero-order valence-electron chi connectivity index (χ0n) is 14.5. The molecule has 4 rings (SSSR count). The van der Waals surface area contributed by atoms with Crippen LogP contribution in [0.2, 0.25) is 0 Å². The highest BCUT2D eigenvalue weighted by Crippen LogP contribution is 2.33. The number of hydrogen-bond acceptors (Lipinski definition) is 4. The number of hydrogen-bond donors (Lipinski definition) is 1. The van der Waals surface area contributed by atoms with E-state index < -0.39 is 0 Å². The van der Waals surface area contributed by atoms with Crippen LogP contribution in [-0.4, -0.2) is 40.9 Å². The van der Waals surface area contributed by atoms with Crippen molar-refractivity contribution in [1.29, 1.82) is 0 Å². The Kier molecular flexibility index (Phi) is 4.34. The highest BCUT2D eigenvalue weighted by Gasteiger charge is 2.26. The van der Waals surface area contributed by atoms with Crippen molar-refractivity contribution >= 4 is 5.91 Å². The Labute approximate surface area is 147 Å². The molecule has 0 aliphatic carbocycles. The van der Waals surface area contributed by atoms with Gasteiger partial charge in [0.1, 0.15) is 0 Å². The largest absolute Gasteiger partial charge is 0.454 e. The van der Waals surface area contributed by atoms with Crippen molar-refractivity contribution < 1.29 is 14.3 Å². The topological polar surface area (TPSA) is 67.5 Å². The number of nitrogens with zero attached hydrogens (tertiary/aromatic N) is 2. The van der Waals surface area contributed by atoms with E-state index in [4.69, 9.17) is 9.47 Å². The van der Waals surface area contributed by atoms with E-state index in [9.17, 15) is 4.79 Å². The molecule has 1 aromatic carbocycles. The van der Waals surface area contributed by atoms with Gasteiger partial charge in [0.2, 0.25) is 12.7 Å². The molecule has 6 nitrogen and oxygen atoms in total. The van der Waals surface area contributed by atoms with E-state index in [2.05, 4.69) is 16.3 Å². The molecule has 1 amide bonds. The SMILES string of the molecule is Cc1cc([C@@H]2CCCN(C(=O)CCc3ccc4c(c3)OCO4)C2)n[nH]1. The number of fused-ring (bicyclic) bond motifs is 1. The summed E-state index contributed by atoms with van der Waals surface area (Å²) in [6.07, 6.45) is 3.37. The number of likely N-dealkylation sites (tertiary alicyclic amines) is 1. The summed E-state index contributed by atoms with van der Waals surface area (Å²) >= 11 is 0. The Morgan fingerprint density at radius 3 is 3.04 bits per heavy atom. The molecular weight excluding hydrogens is 318 g/mol. The molecule has 0 spiro atoms. The molecule has 0 bridgehead atoms. The molecule has 25 heavy (non-hydrogen) atoms. The van der Waals surface area contributed by atoms with Gasteiger partial charge in [-0.2, -0.15) is 5.10 Å². The van der Waals surface area contributed by atoms with Crippen molar-refractivity contribution in [2.45, 2.75) is 38.5 Å². The van der Waals surface area contributed by atoms with Crippen LogP contribution in [0.4, 0.5) is 0 Å². The number of benzene rings is 1. The minimum Gasteiger partial charge on any atom is -0.454 e. The molecule has 1 saturated heterocycles. The Balaban J connectivity index is 1.34. The van der Waals surface area contributed by atoms with E-state index in [1.807, 2.05) is 30.0 Å². The Hall–Kier alpha value is -2.50. The van der Waals surface area contributed by atoms with Gasteiger partial charge in [0.25, 0.3) is 0 Å². The van der Waals surface area contributed by atoms with Crippen LogP contribution < -0.4 is 9.47 Å². The number of H-pyrrole nitrogens is 1. The Morgan fingerprint density at radius 1 is 1.32 bits per heavy atom. The summed E-state index contributed by atoms with van der Waals surface area (Å²) in [6.45, 7) is 3.90. The van der Waals surface area contributed by atoms with Crippen molar-refractivity contribution in [2.24, 2.45) is 0 Å². The van der Waals surface area contributed by atoms with Crippen molar-refractivity contribution in [3.63, 3.8) is 0 Å². The van der Waals surface area contributed by atoms with Crippen LogP contribution in [0.3, 0.4) is 0 Å². The number of aromatic nitrogens is 2. The molecule has 2 aliphatic heterocycles. The third-order valence-corrected chi connectivity index (χ3v) is 4.98. The predicted molar refractivity (Wildman–Crippen MR) is 92.8 cm³/mol. The van der Waals surface area contributed by atoms with Gasteiger partial charge in [0.15, 0.2) is 11.5 Å². The minimum atomic E-state index is 0.217. The lowest BCUT2D eigenvalue weighted by Gasteiger charge is -2.32. The van der Waals surface area contributed by atoms with Crippen LogP contribution >= 0.6 is 0 Å². The first-order valence-corrected chi connectivity index (χ1v) is 8.87. The standard InChI is InChI=1S/C19H23N3O3/c1-13-9-16(21-20-13)15-3-2-8-22(11-15)19(23)7-5-14-4-6-17-18(10-14)25-12-24-17/h4,6,9-10,15H,2-3,5,7-8,11-12H2,1H3,(H,20,21)/t15-/m1/s1. The molecule has 3 heterocycles. The number of aryl methyl sites for hydroxylation is 2. The van der Waals surface area contributed by atoms with E-state index in [1.165, 1.54) is 0 Å². The second-order valence-corrected chi connectivity index (χ2v) is 6.84. The van der Waals surface area contributed by atoms with Gasteiger partial charge >= 0.3 is 0 Å². The van der Waals surface area contributed by atoms with E-state index in [-0.39, 0.29) is 12.7 Å². The number of amides is 1. The van der Waals surface area contributed by atoms with Gasteiger partial charge in [-0.1, -0.05) is 6.07 Å². The lowest BCUT2D eigenvalue weighted by Crippen LogP contribution is -2.39. The predicted octanol–water partition coefficient (Wildman–Crippen LogP) is 2.79. The summed E-state index contributed by atoms with van der Waals surface area (Å²) in [5.41, 5.74) is 3.25. The van der Waals surface area contributed by atoms with Gasteiger partial charge < -0.3 is 14.4 Å². The van der Waals surface area contributed by atoms with E-state index in [0.717, 1.165) is 60.8 Å². The molecule has 132 valence electrons. The summed E-state index contributed by atoms with van der Waals surface area (Å²) < 4.78 is 10.7. The molecular formula is C19H23N3O3. The minimum absolute atomic E-state index is 0.217. The molecule has 0 radical (unpaired) electrons. The number of piperidine rings is 1. The lowest BCUT2D eigenvalue weighted by atomic mass is 9.94. The van der Waals surface area contributed by atoms with Gasteiger partial charge in [0.05, 0.1) is 5.69 Å². The second-order valence-electron chi connectivity index (χ2n) is 6.84. The summed E-state index contributed by atoms with van der Waals surface area (Å²) in [7, 11) is 0. The van der Waals surface area contributed by atoms with E-state index >= 15 is 0 Å². The van der Waals surface area contributed by atoms with Crippen molar-refractivity contribution in [1.82, 2.24) is 15.1 Å². The fraction of sp³-hybridized carbons (Fsp3) is 0.474.